The average Bonchev–Trinajstić information content (AvgIpc) is 2.98. The van der Waals surface area contributed by atoms with Crippen LogP contribution in [0.4, 0.5) is 0 Å². The molecule has 1 aromatic heterocycles. The fraction of sp³-hybridized carbons (Fsp3) is 0.438. The first-order chi connectivity index (χ1) is 9.83. The minimum Gasteiger partial charge on any atom is -0.451 e. The van der Waals surface area contributed by atoms with Gasteiger partial charge >= 0.3 is 0 Å². The van der Waals surface area contributed by atoms with Gasteiger partial charge in [-0.3, -0.25) is 4.79 Å². The molecule has 3 heterocycles. The van der Waals surface area contributed by atoms with Crippen molar-refractivity contribution in [2.45, 2.75) is 31.3 Å². The molecule has 20 heavy (non-hydrogen) atoms. The molecule has 4 heteroatoms. The van der Waals surface area contributed by atoms with E-state index in [2.05, 4.69) is 10.2 Å². The van der Waals surface area contributed by atoms with E-state index in [0.29, 0.717) is 17.8 Å². The van der Waals surface area contributed by atoms with Gasteiger partial charge in [0.15, 0.2) is 5.76 Å². The maximum atomic E-state index is 12.8. The number of amides is 1. The Morgan fingerprint density at radius 3 is 2.95 bits per heavy atom. The summed E-state index contributed by atoms with van der Waals surface area (Å²) in [6.07, 6.45) is 3.27. The third kappa shape index (κ3) is 1.83. The first-order valence-electron chi connectivity index (χ1n) is 7.35. The lowest BCUT2D eigenvalue weighted by atomic mass is 10.1. The van der Waals surface area contributed by atoms with Gasteiger partial charge in [0.2, 0.25) is 0 Å². The first-order valence-corrected chi connectivity index (χ1v) is 7.35. The van der Waals surface area contributed by atoms with Crippen LogP contribution >= 0.6 is 0 Å². The molecule has 2 aliphatic heterocycles. The number of furan rings is 1. The topological polar surface area (TPSA) is 45.5 Å². The predicted octanol–water partition coefficient (Wildman–Crippen LogP) is 2.40. The van der Waals surface area contributed by atoms with E-state index in [4.69, 9.17) is 4.42 Å². The molecular weight excluding hydrogens is 252 g/mol. The summed E-state index contributed by atoms with van der Waals surface area (Å²) in [6, 6.07) is 10.3. The van der Waals surface area contributed by atoms with Gasteiger partial charge in [-0.15, -0.1) is 0 Å². The average molecular weight is 270 g/mol. The van der Waals surface area contributed by atoms with E-state index in [0.717, 1.165) is 43.3 Å². The smallest absolute Gasteiger partial charge is 0.290 e. The van der Waals surface area contributed by atoms with Crippen LogP contribution in [0.1, 0.15) is 29.8 Å². The number of carbonyl (C=O) groups is 1. The van der Waals surface area contributed by atoms with Gasteiger partial charge in [-0.1, -0.05) is 18.2 Å². The van der Waals surface area contributed by atoms with Crippen LogP contribution in [0.5, 0.6) is 0 Å². The molecule has 0 radical (unpaired) electrons. The molecule has 0 saturated carbocycles. The molecule has 0 aliphatic carbocycles. The van der Waals surface area contributed by atoms with Crippen molar-refractivity contribution in [1.29, 1.82) is 0 Å². The van der Waals surface area contributed by atoms with E-state index in [1.54, 1.807) is 0 Å². The molecule has 2 aromatic rings. The van der Waals surface area contributed by atoms with Gasteiger partial charge in [-0.2, -0.15) is 0 Å². The summed E-state index contributed by atoms with van der Waals surface area (Å²) in [6.45, 7) is 1.91. The lowest BCUT2D eigenvalue weighted by Crippen LogP contribution is -2.42. The minimum absolute atomic E-state index is 0.0531. The van der Waals surface area contributed by atoms with E-state index >= 15 is 0 Å². The molecule has 2 aliphatic rings. The van der Waals surface area contributed by atoms with Gasteiger partial charge < -0.3 is 14.6 Å². The fourth-order valence-electron chi connectivity index (χ4n) is 3.53. The molecule has 104 valence electrons. The van der Waals surface area contributed by atoms with Gasteiger partial charge in [0.25, 0.3) is 5.91 Å². The molecule has 4 rings (SSSR count). The zero-order valence-corrected chi connectivity index (χ0v) is 11.3. The summed E-state index contributed by atoms with van der Waals surface area (Å²) in [7, 11) is 0. The third-order valence-electron chi connectivity index (χ3n) is 4.53. The summed E-state index contributed by atoms with van der Waals surface area (Å²) >= 11 is 0. The summed E-state index contributed by atoms with van der Waals surface area (Å²) in [5.74, 6) is 0.530. The SMILES string of the molecule is O=C(c1cc2ccccc2o1)N1C2CCNCC1CC2. The highest BCUT2D eigenvalue weighted by atomic mass is 16.3. The van der Waals surface area contributed by atoms with Gasteiger partial charge in [0, 0.05) is 24.0 Å². The number of fused-ring (bicyclic) bond motifs is 3. The summed E-state index contributed by atoms with van der Waals surface area (Å²) < 4.78 is 5.74. The zero-order chi connectivity index (χ0) is 13.5. The Bertz CT molecular complexity index is 602. The second-order valence-corrected chi connectivity index (χ2v) is 5.74. The molecule has 1 aromatic carbocycles. The lowest BCUT2D eigenvalue weighted by Gasteiger charge is -2.26. The summed E-state index contributed by atoms with van der Waals surface area (Å²) in [4.78, 5) is 14.8. The highest BCUT2D eigenvalue weighted by Gasteiger charge is 2.39. The van der Waals surface area contributed by atoms with Crippen LogP contribution in [0.15, 0.2) is 34.7 Å². The van der Waals surface area contributed by atoms with E-state index in [-0.39, 0.29) is 5.91 Å². The van der Waals surface area contributed by atoms with Crippen LogP contribution in [0.2, 0.25) is 0 Å². The molecule has 1 amide bonds. The van der Waals surface area contributed by atoms with Crippen molar-refractivity contribution in [3.63, 3.8) is 0 Å². The summed E-state index contributed by atoms with van der Waals surface area (Å²) in [5, 5.41) is 4.41. The molecule has 4 nitrogen and oxygen atoms in total. The van der Waals surface area contributed by atoms with Crippen molar-refractivity contribution >= 4 is 16.9 Å². The number of hydrogen-bond donors (Lipinski definition) is 1. The monoisotopic (exact) mass is 270 g/mol. The summed E-state index contributed by atoms with van der Waals surface area (Å²) in [5.41, 5.74) is 0.788. The molecule has 1 N–H and O–H groups in total. The fourth-order valence-corrected chi connectivity index (χ4v) is 3.53. The van der Waals surface area contributed by atoms with Crippen molar-refractivity contribution in [2.75, 3.05) is 13.1 Å². The zero-order valence-electron chi connectivity index (χ0n) is 11.3. The Morgan fingerprint density at radius 2 is 2.05 bits per heavy atom. The van der Waals surface area contributed by atoms with Crippen molar-refractivity contribution in [1.82, 2.24) is 10.2 Å². The first kappa shape index (κ1) is 12.0. The second-order valence-electron chi connectivity index (χ2n) is 5.74. The molecule has 2 fully saturated rings. The standard InChI is InChI=1S/C16H18N2O2/c19-16(15-9-11-3-1-2-4-14(11)20-15)18-12-5-6-13(18)10-17-8-7-12/h1-4,9,12-13,17H,5-8,10H2. The number of benzene rings is 1. The second kappa shape index (κ2) is 4.63. The van der Waals surface area contributed by atoms with Crippen molar-refractivity contribution in [2.24, 2.45) is 0 Å². The Hall–Kier alpha value is -1.81. The maximum Gasteiger partial charge on any atom is 0.290 e. The van der Waals surface area contributed by atoms with Crippen molar-refractivity contribution < 1.29 is 9.21 Å². The highest BCUT2D eigenvalue weighted by Crippen LogP contribution is 2.30. The Kier molecular flexibility index (Phi) is 2.77. The molecular formula is C16H18N2O2. The van der Waals surface area contributed by atoms with Crippen LogP contribution in [0.25, 0.3) is 11.0 Å². The number of rotatable bonds is 1. The number of hydrogen-bond acceptors (Lipinski definition) is 3. The van der Waals surface area contributed by atoms with Gasteiger partial charge in [0.05, 0.1) is 0 Å². The van der Waals surface area contributed by atoms with E-state index < -0.39 is 0 Å². The number of nitrogens with zero attached hydrogens (tertiary/aromatic N) is 1. The maximum absolute atomic E-state index is 12.8. The Balaban J connectivity index is 1.69. The Labute approximate surface area is 117 Å². The van der Waals surface area contributed by atoms with Gasteiger partial charge in [-0.05, 0) is 37.9 Å². The van der Waals surface area contributed by atoms with Crippen LogP contribution < -0.4 is 5.32 Å². The number of nitrogens with one attached hydrogen (secondary N) is 1. The molecule has 2 bridgehead atoms. The largest absolute Gasteiger partial charge is 0.451 e. The van der Waals surface area contributed by atoms with Crippen molar-refractivity contribution in [3.8, 4) is 0 Å². The van der Waals surface area contributed by atoms with E-state index in [1.807, 2.05) is 30.3 Å². The number of para-hydroxylation sites is 1. The molecule has 2 atom stereocenters. The minimum atomic E-state index is 0.0531. The predicted molar refractivity (Wildman–Crippen MR) is 76.7 cm³/mol. The molecule has 0 spiro atoms. The van der Waals surface area contributed by atoms with Crippen molar-refractivity contribution in [3.05, 3.63) is 36.1 Å². The quantitative estimate of drug-likeness (QED) is 0.865. The normalized spacial score (nSPS) is 25.9. The van der Waals surface area contributed by atoms with Crippen LogP contribution in [-0.4, -0.2) is 36.0 Å². The van der Waals surface area contributed by atoms with Crippen LogP contribution in [0.3, 0.4) is 0 Å². The van der Waals surface area contributed by atoms with Gasteiger partial charge in [0.1, 0.15) is 5.58 Å². The Morgan fingerprint density at radius 1 is 1.20 bits per heavy atom. The van der Waals surface area contributed by atoms with Crippen LogP contribution in [-0.2, 0) is 0 Å². The van der Waals surface area contributed by atoms with Crippen LogP contribution in [0, 0.1) is 0 Å². The van der Waals surface area contributed by atoms with Gasteiger partial charge in [-0.25, -0.2) is 0 Å². The third-order valence-corrected chi connectivity index (χ3v) is 4.53. The highest BCUT2D eigenvalue weighted by molar-refractivity contribution is 5.96. The van der Waals surface area contributed by atoms with E-state index in [1.165, 1.54) is 0 Å². The van der Waals surface area contributed by atoms with E-state index in [9.17, 15) is 4.79 Å². The molecule has 2 unspecified atom stereocenters. The lowest BCUT2D eigenvalue weighted by molar-refractivity contribution is 0.0650. The molecule has 2 saturated heterocycles. The number of carbonyl (C=O) groups excluding carboxylic acids is 1.